The number of aryl methyl sites for hydroxylation is 2. The van der Waals surface area contributed by atoms with E-state index in [0.717, 1.165) is 33.7 Å². The van der Waals surface area contributed by atoms with Gasteiger partial charge in [0.05, 0.1) is 23.3 Å². The van der Waals surface area contributed by atoms with E-state index in [2.05, 4.69) is 26.3 Å². The molecule has 0 saturated carbocycles. The van der Waals surface area contributed by atoms with E-state index in [-0.39, 0.29) is 11.9 Å². The largest absolute Gasteiger partial charge is 0.495 e. The first-order valence-electron chi connectivity index (χ1n) is 7.88. The summed E-state index contributed by atoms with van der Waals surface area (Å²) in [6, 6.07) is 7.65. The molecule has 1 aromatic heterocycles. The molecular formula is C17H21BrN4O2. The Morgan fingerprint density at radius 1 is 1.46 bits per heavy atom. The maximum atomic E-state index is 12.7. The van der Waals surface area contributed by atoms with Crippen molar-refractivity contribution in [1.29, 1.82) is 0 Å². The van der Waals surface area contributed by atoms with Crippen LogP contribution in [0, 0.1) is 6.92 Å². The number of nitrogens with one attached hydrogen (secondary N) is 1. The smallest absolute Gasteiger partial charge is 0.245 e. The number of benzene rings is 1. The molecule has 1 aromatic carbocycles. The van der Waals surface area contributed by atoms with Crippen LogP contribution in [0.1, 0.15) is 17.7 Å². The van der Waals surface area contributed by atoms with Crippen LogP contribution in [-0.4, -0.2) is 35.4 Å². The van der Waals surface area contributed by atoms with E-state index in [0.29, 0.717) is 13.1 Å². The predicted molar refractivity (Wildman–Crippen MR) is 96.2 cm³/mol. The first-order valence-corrected chi connectivity index (χ1v) is 8.67. The highest BCUT2D eigenvalue weighted by Crippen LogP contribution is 2.29. The van der Waals surface area contributed by atoms with Crippen LogP contribution >= 0.6 is 15.9 Å². The van der Waals surface area contributed by atoms with Gasteiger partial charge in [-0.15, -0.1) is 0 Å². The van der Waals surface area contributed by atoms with Crippen LogP contribution in [0.3, 0.4) is 0 Å². The number of nitrogens with zero attached hydrogens (tertiary/aromatic N) is 3. The quantitative estimate of drug-likeness (QED) is 0.848. The number of rotatable bonds is 5. The lowest BCUT2D eigenvalue weighted by molar-refractivity contribution is -0.118. The second-order valence-corrected chi connectivity index (χ2v) is 6.77. The number of para-hydroxylation sites is 1. The normalized spacial score (nSPS) is 17.6. The first-order chi connectivity index (χ1) is 11.5. The van der Waals surface area contributed by atoms with Gasteiger partial charge in [-0.05, 0) is 35.3 Å². The molecule has 0 spiro atoms. The number of methoxy groups -OCH3 is 1. The third-order valence-electron chi connectivity index (χ3n) is 4.25. The van der Waals surface area contributed by atoms with Gasteiger partial charge in [-0.1, -0.05) is 12.1 Å². The third-order valence-corrected chi connectivity index (χ3v) is 4.88. The van der Waals surface area contributed by atoms with E-state index in [4.69, 9.17) is 4.74 Å². The van der Waals surface area contributed by atoms with Crippen molar-refractivity contribution in [3.05, 3.63) is 40.0 Å². The summed E-state index contributed by atoms with van der Waals surface area (Å²) in [6.45, 7) is 3.21. The van der Waals surface area contributed by atoms with Crippen molar-refractivity contribution in [2.45, 2.75) is 25.9 Å². The summed E-state index contributed by atoms with van der Waals surface area (Å²) in [4.78, 5) is 14.5. The summed E-state index contributed by atoms with van der Waals surface area (Å²) in [5.41, 5.74) is 1.94. The van der Waals surface area contributed by atoms with Crippen LogP contribution in [0.5, 0.6) is 5.75 Å². The van der Waals surface area contributed by atoms with Gasteiger partial charge in [0.15, 0.2) is 0 Å². The van der Waals surface area contributed by atoms with E-state index in [1.54, 1.807) is 16.7 Å². The van der Waals surface area contributed by atoms with Crippen molar-refractivity contribution < 1.29 is 9.53 Å². The number of amides is 1. The molecular weight excluding hydrogens is 372 g/mol. The monoisotopic (exact) mass is 392 g/mol. The number of aromatic nitrogens is 2. The fourth-order valence-electron chi connectivity index (χ4n) is 3.10. The molecule has 0 bridgehead atoms. The molecule has 1 aliphatic rings. The Morgan fingerprint density at radius 3 is 2.92 bits per heavy atom. The van der Waals surface area contributed by atoms with Gasteiger partial charge in [-0.2, -0.15) is 5.10 Å². The average molecular weight is 393 g/mol. The minimum absolute atomic E-state index is 0.0898. The fourth-order valence-corrected chi connectivity index (χ4v) is 3.67. The van der Waals surface area contributed by atoms with E-state index in [1.165, 1.54) is 0 Å². The highest BCUT2D eigenvalue weighted by molar-refractivity contribution is 9.10. The molecule has 1 aliphatic heterocycles. The first kappa shape index (κ1) is 17.0. The van der Waals surface area contributed by atoms with Gasteiger partial charge in [0.25, 0.3) is 0 Å². The summed E-state index contributed by atoms with van der Waals surface area (Å²) >= 11 is 3.49. The molecule has 0 aliphatic carbocycles. The zero-order chi connectivity index (χ0) is 17.3. The van der Waals surface area contributed by atoms with Crippen LogP contribution in [0.4, 0.5) is 5.82 Å². The van der Waals surface area contributed by atoms with Crippen molar-refractivity contribution in [1.82, 2.24) is 15.1 Å². The number of hydrogen-bond acceptors (Lipinski definition) is 4. The molecule has 1 amide bonds. The predicted octanol–water partition coefficient (Wildman–Crippen LogP) is 2.39. The molecule has 2 heterocycles. The summed E-state index contributed by atoms with van der Waals surface area (Å²) in [5, 5.41) is 7.68. The molecule has 7 heteroatoms. The van der Waals surface area contributed by atoms with Gasteiger partial charge in [0, 0.05) is 31.8 Å². The van der Waals surface area contributed by atoms with Gasteiger partial charge in [-0.3, -0.25) is 14.4 Å². The molecule has 1 saturated heterocycles. The maximum Gasteiger partial charge on any atom is 0.245 e. The Labute approximate surface area is 149 Å². The topological polar surface area (TPSA) is 59.4 Å². The van der Waals surface area contributed by atoms with Crippen molar-refractivity contribution in [2.75, 3.05) is 18.6 Å². The van der Waals surface area contributed by atoms with Crippen molar-refractivity contribution >= 4 is 27.7 Å². The van der Waals surface area contributed by atoms with Crippen molar-refractivity contribution in [3.63, 3.8) is 0 Å². The Balaban J connectivity index is 1.69. The number of anilines is 1. The lowest BCUT2D eigenvalue weighted by Crippen LogP contribution is -2.38. The Hall–Kier alpha value is -1.86. The number of carbonyl (C=O) groups excluding carboxylic acids is 1. The van der Waals surface area contributed by atoms with Gasteiger partial charge in [0.1, 0.15) is 11.6 Å². The molecule has 1 atom stereocenters. The second-order valence-electron chi connectivity index (χ2n) is 5.91. The minimum atomic E-state index is -0.191. The zero-order valence-electron chi connectivity index (χ0n) is 14.0. The van der Waals surface area contributed by atoms with Crippen molar-refractivity contribution in [3.8, 4) is 5.75 Å². The van der Waals surface area contributed by atoms with E-state index in [1.807, 2.05) is 38.2 Å². The van der Waals surface area contributed by atoms with Crippen molar-refractivity contribution in [2.24, 2.45) is 7.05 Å². The molecule has 1 N–H and O–H groups in total. The summed E-state index contributed by atoms with van der Waals surface area (Å²) < 4.78 is 8.10. The number of halogens is 1. The standard InChI is InChI=1S/C17H21BrN4O2/c1-11-9-15(21(2)20-11)22-8-7-14(17(22)23)19-10-12-5-4-6-13(18)16(12)24-3/h4-6,9,14,19H,7-8,10H2,1-3H3. The van der Waals surface area contributed by atoms with Crippen LogP contribution in [0.25, 0.3) is 0 Å². The fraction of sp³-hybridized carbons (Fsp3) is 0.412. The lowest BCUT2D eigenvalue weighted by atomic mass is 10.1. The lowest BCUT2D eigenvalue weighted by Gasteiger charge is -2.17. The van der Waals surface area contributed by atoms with Crippen LogP contribution in [-0.2, 0) is 18.4 Å². The molecule has 3 rings (SSSR count). The summed E-state index contributed by atoms with van der Waals surface area (Å²) in [5.74, 6) is 1.74. The Morgan fingerprint density at radius 2 is 2.25 bits per heavy atom. The number of ether oxygens (including phenoxy) is 1. The zero-order valence-corrected chi connectivity index (χ0v) is 15.6. The molecule has 2 aromatic rings. The molecule has 6 nitrogen and oxygen atoms in total. The van der Waals surface area contributed by atoms with Gasteiger partial charge >= 0.3 is 0 Å². The molecule has 1 unspecified atom stereocenters. The number of carbonyl (C=O) groups is 1. The Bertz CT molecular complexity index is 759. The highest BCUT2D eigenvalue weighted by Gasteiger charge is 2.33. The van der Waals surface area contributed by atoms with Gasteiger partial charge in [-0.25, -0.2) is 0 Å². The van der Waals surface area contributed by atoms with Gasteiger partial charge < -0.3 is 10.1 Å². The average Bonchev–Trinajstić information content (AvgIpc) is 3.07. The molecule has 1 fully saturated rings. The van der Waals surface area contributed by atoms with E-state index < -0.39 is 0 Å². The van der Waals surface area contributed by atoms with Gasteiger partial charge in [0.2, 0.25) is 5.91 Å². The minimum Gasteiger partial charge on any atom is -0.495 e. The third kappa shape index (κ3) is 3.18. The van der Waals surface area contributed by atoms with Crippen LogP contribution < -0.4 is 15.0 Å². The molecule has 24 heavy (non-hydrogen) atoms. The maximum absolute atomic E-state index is 12.7. The molecule has 128 valence electrons. The number of hydrogen-bond donors (Lipinski definition) is 1. The highest BCUT2D eigenvalue weighted by atomic mass is 79.9. The Kier molecular flexibility index (Phi) is 4.91. The SMILES string of the molecule is COc1c(Br)cccc1CNC1CCN(c2cc(C)nn2C)C1=O. The van der Waals surface area contributed by atoms with Crippen LogP contribution in [0.2, 0.25) is 0 Å². The molecule has 0 radical (unpaired) electrons. The summed E-state index contributed by atoms with van der Waals surface area (Å²) in [6.07, 6.45) is 0.777. The van der Waals surface area contributed by atoms with E-state index >= 15 is 0 Å². The van der Waals surface area contributed by atoms with Crippen LogP contribution in [0.15, 0.2) is 28.7 Å². The van der Waals surface area contributed by atoms with E-state index in [9.17, 15) is 4.79 Å². The summed E-state index contributed by atoms with van der Waals surface area (Å²) in [7, 11) is 3.51. The second kappa shape index (κ2) is 6.94.